The second kappa shape index (κ2) is 8.66. The molecule has 1 saturated heterocycles. The molecule has 164 valence electrons. The van der Waals surface area contributed by atoms with Crippen molar-refractivity contribution in [3.8, 4) is 0 Å². The summed E-state index contributed by atoms with van der Waals surface area (Å²) >= 11 is 0. The number of carbonyl (C=O) groups is 4. The molecule has 1 unspecified atom stereocenters. The smallest absolute Gasteiger partial charge is 0.319 e. The number of hydrogen-bond acceptors (Lipinski definition) is 4. The Morgan fingerprint density at radius 1 is 1.22 bits per heavy atom. The minimum absolute atomic E-state index is 0.205. The van der Waals surface area contributed by atoms with Crippen LogP contribution in [0.15, 0.2) is 36.4 Å². The van der Waals surface area contributed by atoms with E-state index in [1.54, 1.807) is 18.2 Å². The molecular weight excluding hydrogens is 408 g/mol. The maximum absolute atomic E-state index is 12.9. The van der Waals surface area contributed by atoms with E-state index in [9.17, 15) is 19.2 Å². The highest BCUT2D eigenvalue weighted by Crippen LogP contribution is 2.29. The first-order valence-corrected chi connectivity index (χ1v) is 10.4. The van der Waals surface area contributed by atoms with Crippen LogP contribution in [0.4, 0.5) is 10.5 Å². The molecule has 5 amide bonds. The molecule has 2 aromatic carbocycles. The van der Waals surface area contributed by atoms with Crippen molar-refractivity contribution in [2.45, 2.75) is 38.9 Å². The fourth-order valence-electron chi connectivity index (χ4n) is 4.15. The number of hydrogen-bond donors (Lipinski definition) is 3. The molecule has 8 heteroatoms. The zero-order chi connectivity index (χ0) is 22.8. The largest absolute Gasteiger partial charge is 0.334 e. The van der Waals surface area contributed by atoms with Crippen LogP contribution in [0.2, 0.25) is 0 Å². The molecule has 1 atom stereocenters. The van der Waals surface area contributed by atoms with Crippen molar-refractivity contribution in [2.75, 3.05) is 5.32 Å². The quantitative estimate of drug-likeness (QED) is 0.626. The van der Waals surface area contributed by atoms with Crippen LogP contribution in [0.5, 0.6) is 0 Å². The van der Waals surface area contributed by atoms with Crippen LogP contribution >= 0.6 is 0 Å². The van der Waals surface area contributed by atoms with Gasteiger partial charge in [0.05, 0.1) is 0 Å². The molecule has 0 aliphatic carbocycles. The van der Waals surface area contributed by atoms with Crippen molar-refractivity contribution in [2.24, 2.45) is 0 Å². The molecule has 0 saturated carbocycles. The van der Waals surface area contributed by atoms with Crippen molar-refractivity contribution >= 4 is 42.1 Å². The van der Waals surface area contributed by atoms with E-state index in [1.807, 2.05) is 31.2 Å². The van der Waals surface area contributed by atoms with E-state index in [1.165, 1.54) is 4.90 Å². The first-order chi connectivity index (χ1) is 15.4. The number of rotatable bonds is 4. The highest BCUT2D eigenvalue weighted by Gasteiger charge is 2.39. The summed E-state index contributed by atoms with van der Waals surface area (Å²) < 4.78 is 0. The third-order valence-electron chi connectivity index (χ3n) is 5.89. The summed E-state index contributed by atoms with van der Waals surface area (Å²) in [5, 5.41) is 9.60. The van der Waals surface area contributed by atoms with E-state index in [-0.39, 0.29) is 37.4 Å². The summed E-state index contributed by atoms with van der Waals surface area (Å²) in [5.41, 5.74) is 2.71. The second-order valence-corrected chi connectivity index (χ2v) is 7.81. The van der Waals surface area contributed by atoms with Crippen molar-refractivity contribution in [1.82, 2.24) is 15.5 Å². The van der Waals surface area contributed by atoms with Gasteiger partial charge in [0, 0.05) is 30.8 Å². The molecule has 2 aliphatic heterocycles. The Kier molecular flexibility index (Phi) is 5.77. The van der Waals surface area contributed by atoms with Crippen molar-refractivity contribution in [3.63, 3.8) is 0 Å². The van der Waals surface area contributed by atoms with E-state index >= 15 is 0 Å². The molecule has 0 aromatic heterocycles. The van der Waals surface area contributed by atoms with Gasteiger partial charge >= 0.3 is 6.03 Å². The summed E-state index contributed by atoms with van der Waals surface area (Å²) in [6.07, 6.45) is 2.43. The molecule has 3 N–H and O–H groups in total. The van der Waals surface area contributed by atoms with E-state index in [2.05, 4.69) is 22.5 Å². The Morgan fingerprint density at radius 3 is 2.75 bits per heavy atom. The number of piperidine rings is 1. The third kappa shape index (κ3) is 3.99. The lowest BCUT2D eigenvalue weighted by Gasteiger charge is -2.29. The van der Waals surface area contributed by atoms with Crippen LogP contribution in [0.25, 0.3) is 12.7 Å². The summed E-state index contributed by atoms with van der Waals surface area (Å²) in [6.45, 7) is 6.40. The Balaban J connectivity index is 1.46. The molecular formula is C24H24N4O4. The number of fused-ring (bicyclic) bond motifs is 1. The van der Waals surface area contributed by atoms with Crippen LogP contribution in [0.3, 0.4) is 0 Å². The lowest BCUT2D eigenvalue weighted by Crippen LogP contribution is -2.52. The molecule has 2 aliphatic rings. The first-order valence-electron chi connectivity index (χ1n) is 10.4. The predicted octanol–water partition coefficient (Wildman–Crippen LogP) is 0.980. The van der Waals surface area contributed by atoms with E-state index in [0.717, 1.165) is 21.6 Å². The number of benzene rings is 2. The zero-order valence-corrected chi connectivity index (χ0v) is 17.7. The van der Waals surface area contributed by atoms with Gasteiger partial charge in [-0.15, -0.1) is 0 Å². The van der Waals surface area contributed by atoms with Gasteiger partial charge < -0.3 is 15.5 Å². The van der Waals surface area contributed by atoms with Crippen molar-refractivity contribution in [1.29, 1.82) is 0 Å². The number of nitrogens with zero attached hydrogens (tertiary/aromatic N) is 1. The minimum atomic E-state index is -0.671. The molecule has 0 spiro atoms. The molecule has 0 bridgehead atoms. The van der Waals surface area contributed by atoms with Crippen LogP contribution < -0.4 is 26.4 Å². The van der Waals surface area contributed by atoms with Gasteiger partial charge in [0.15, 0.2) is 0 Å². The van der Waals surface area contributed by atoms with E-state index in [0.29, 0.717) is 17.7 Å². The van der Waals surface area contributed by atoms with Crippen LogP contribution in [0, 0.1) is 0 Å². The number of amides is 5. The maximum Gasteiger partial charge on any atom is 0.319 e. The number of carbonyl (C=O) groups excluding carboxylic acids is 4. The number of nitrogens with one attached hydrogen (secondary N) is 3. The van der Waals surface area contributed by atoms with Gasteiger partial charge in [-0.3, -0.25) is 19.7 Å². The first kappa shape index (κ1) is 21.3. The summed E-state index contributed by atoms with van der Waals surface area (Å²) in [6, 6.07) is 9.82. The Morgan fingerprint density at radius 2 is 2.00 bits per heavy atom. The summed E-state index contributed by atoms with van der Waals surface area (Å²) in [4.78, 5) is 50.5. The van der Waals surface area contributed by atoms with Gasteiger partial charge in [0.2, 0.25) is 11.8 Å². The molecule has 0 radical (unpaired) electrons. The van der Waals surface area contributed by atoms with E-state index < -0.39 is 11.9 Å². The topological polar surface area (TPSA) is 108 Å². The van der Waals surface area contributed by atoms with E-state index in [4.69, 9.17) is 0 Å². The third-order valence-corrected chi connectivity index (χ3v) is 5.89. The highest BCUT2D eigenvalue weighted by molar-refractivity contribution is 6.05. The normalized spacial score (nSPS) is 18.4. The molecule has 8 nitrogen and oxygen atoms in total. The van der Waals surface area contributed by atoms with Crippen LogP contribution in [-0.4, -0.2) is 34.7 Å². The molecule has 1 fully saturated rings. The number of urea groups is 1. The Bertz CT molecular complexity index is 1240. The molecule has 2 aromatic rings. The summed E-state index contributed by atoms with van der Waals surface area (Å²) in [7, 11) is 0. The van der Waals surface area contributed by atoms with Crippen molar-refractivity contribution in [3.05, 3.63) is 63.5 Å². The van der Waals surface area contributed by atoms with Gasteiger partial charge in [-0.1, -0.05) is 36.9 Å². The number of anilines is 1. The van der Waals surface area contributed by atoms with Gasteiger partial charge in [-0.05, 0) is 47.0 Å². The minimum Gasteiger partial charge on any atom is -0.334 e. The average molecular weight is 432 g/mol. The number of imide groups is 1. The van der Waals surface area contributed by atoms with Crippen LogP contribution in [0.1, 0.15) is 41.3 Å². The van der Waals surface area contributed by atoms with Crippen LogP contribution in [-0.2, 0) is 22.7 Å². The SMILES string of the molecule is C=c1c(NC(=O)NCc2cccc3c2CN(C2CCC(=O)NC2=O)C3=O)ccc/c1=C/C. The lowest BCUT2D eigenvalue weighted by atomic mass is 10.0. The van der Waals surface area contributed by atoms with Gasteiger partial charge in [-0.25, -0.2) is 4.79 Å². The Labute approximate surface area is 185 Å². The van der Waals surface area contributed by atoms with Gasteiger partial charge in [-0.2, -0.15) is 0 Å². The second-order valence-electron chi connectivity index (χ2n) is 7.81. The Hall–Kier alpha value is -3.94. The van der Waals surface area contributed by atoms with Gasteiger partial charge in [0.1, 0.15) is 6.04 Å². The average Bonchev–Trinajstić information content (AvgIpc) is 3.11. The molecule has 2 heterocycles. The zero-order valence-electron chi connectivity index (χ0n) is 17.7. The molecule has 32 heavy (non-hydrogen) atoms. The standard InChI is InChI=1S/C24H24N4O4/c1-3-15-6-5-9-19(14(15)2)26-24(32)25-12-16-7-4-8-17-18(16)13-28(23(17)31)20-10-11-21(29)27-22(20)30/h3-9,20H,2,10-13H2,1H3,(H2,25,26,32)(H,27,29,30)/b15-3-. The monoisotopic (exact) mass is 432 g/mol. The maximum atomic E-state index is 12.9. The highest BCUT2D eigenvalue weighted by atomic mass is 16.2. The predicted molar refractivity (Wildman–Crippen MR) is 120 cm³/mol. The van der Waals surface area contributed by atoms with Gasteiger partial charge in [0.25, 0.3) is 5.91 Å². The lowest BCUT2D eigenvalue weighted by molar-refractivity contribution is -0.136. The summed E-state index contributed by atoms with van der Waals surface area (Å²) in [5.74, 6) is -1.01. The van der Waals surface area contributed by atoms with Crippen molar-refractivity contribution < 1.29 is 19.2 Å². The fraction of sp³-hybridized carbons (Fsp3) is 0.250. The fourth-order valence-corrected chi connectivity index (χ4v) is 4.15. The molecule has 4 rings (SSSR count).